The molecule has 1 amide bonds. The molecule has 0 radical (unpaired) electrons. The maximum atomic E-state index is 12.0. The van der Waals surface area contributed by atoms with Crippen LogP contribution in [-0.4, -0.2) is 47.1 Å². The lowest BCUT2D eigenvalue weighted by Gasteiger charge is -2.12. The van der Waals surface area contributed by atoms with E-state index in [4.69, 9.17) is 9.47 Å². The molecule has 1 fully saturated rings. The molecule has 1 aromatic carbocycles. The lowest BCUT2D eigenvalue weighted by molar-refractivity contribution is -0.144. The minimum Gasteiger partial charge on any atom is -0.495 e. The number of ether oxygens (including phenoxy) is 2. The van der Waals surface area contributed by atoms with Gasteiger partial charge < -0.3 is 14.8 Å². The van der Waals surface area contributed by atoms with E-state index in [-0.39, 0.29) is 29.2 Å². The van der Waals surface area contributed by atoms with Gasteiger partial charge in [-0.05, 0) is 56.5 Å². The Balaban J connectivity index is 1.95. The van der Waals surface area contributed by atoms with E-state index in [0.717, 1.165) is 18.9 Å². The summed E-state index contributed by atoms with van der Waals surface area (Å²) in [6, 6.07) is 4.54. The molecule has 0 aromatic heterocycles. The Morgan fingerprint density at radius 1 is 1.33 bits per heavy atom. The van der Waals surface area contributed by atoms with Crippen LogP contribution in [0.5, 0.6) is 5.75 Å². The molecule has 0 bridgehead atoms. The molecule has 1 aliphatic carbocycles. The fraction of sp³-hybridized carbons (Fsp3) is 0.444. The highest BCUT2D eigenvalue weighted by atomic mass is 32.2. The third kappa shape index (κ3) is 6.07. The average molecular weight is 396 g/mol. The fourth-order valence-corrected chi connectivity index (χ4v) is 3.40. The highest BCUT2D eigenvalue weighted by Gasteiger charge is 2.28. The van der Waals surface area contributed by atoms with Gasteiger partial charge in [0.25, 0.3) is 5.91 Å². The van der Waals surface area contributed by atoms with Crippen LogP contribution >= 0.6 is 0 Å². The van der Waals surface area contributed by atoms with Gasteiger partial charge in [0.05, 0.1) is 7.11 Å². The smallest absolute Gasteiger partial charge is 0.331 e. The summed E-state index contributed by atoms with van der Waals surface area (Å²) in [4.78, 5) is 23.4. The van der Waals surface area contributed by atoms with Crippen LogP contribution in [-0.2, 0) is 24.3 Å². The minimum atomic E-state index is -3.72. The van der Waals surface area contributed by atoms with Gasteiger partial charge in [0.15, 0.2) is 6.61 Å². The summed E-state index contributed by atoms with van der Waals surface area (Å²) >= 11 is 0. The van der Waals surface area contributed by atoms with Gasteiger partial charge in [0, 0.05) is 12.1 Å². The number of hydrogen-bond donors (Lipinski definition) is 2. The zero-order valence-corrected chi connectivity index (χ0v) is 16.3. The minimum absolute atomic E-state index is 0.0449. The number of amides is 1. The predicted octanol–water partition coefficient (Wildman–Crippen LogP) is 1.07. The van der Waals surface area contributed by atoms with E-state index in [1.807, 2.05) is 6.92 Å². The number of sulfonamides is 1. The fourth-order valence-electron chi connectivity index (χ4n) is 2.48. The van der Waals surface area contributed by atoms with Crippen LogP contribution in [0.4, 0.5) is 0 Å². The van der Waals surface area contributed by atoms with Crippen molar-refractivity contribution in [3.05, 3.63) is 29.8 Å². The van der Waals surface area contributed by atoms with Crippen molar-refractivity contribution in [1.29, 1.82) is 0 Å². The molecule has 1 aromatic rings. The standard InChI is InChI=1S/C18H24N2O6S/c1-12(14-6-7-14)20-17(21)11-26-18(22)9-5-13-4-8-15(25-3)16(10-13)27(23,24)19-2/h4-5,8-10,12,14,19H,6-7,11H2,1-3H3,(H,20,21)/b9-5+/t12-/m0/s1. The van der Waals surface area contributed by atoms with Crippen molar-refractivity contribution in [2.24, 2.45) is 5.92 Å². The summed E-state index contributed by atoms with van der Waals surface area (Å²) in [5, 5.41) is 2.79. The lowest BCUT2D eigenvalue weighted by Crippen LogP contribution is -2.36. The Kier molecular flexibility index (Phi) is 6.98. The van der Waals surface area contributed by atoms with Gasteiger partial charge in [-0.1, -0.05) is 6.07 Å². The molecule has 1 aliphatic rings. The number of methoxy groups -OCH3 is 1. The van der Waals surface area contributed by atoms with E-state index in [1.165, 1.54) is 32.4 Å². The zero-order chi connectivity index (χ0) is 20.0. The van der Waals surface area contributed by atoms with Gasteiger partial charge in [0.2, 0.25) is 10.0 Å². The van der Waals surface area contributed by atoms with Crippen molar-refractivity contribution < 1.29 is 27.5 Å². The number of esters is 1. The van der Waals surface area contributed by atoms with Crippen LogP contribution in [0.25, 0.3) is 6.08 Å². The zero-order valence-electron chi connectivity index (χ0n) is 15.5. The number of hydrogen-bond acceptors (Lipinski definition) is 6. The first-order valence-electron chi connectivity index (χ1n) is 8.52. The van der Waals surface area contributed by atoms with Crippen molar-refractivity contribution in [2.45, 2.75) is 30.7 Å². The van der Waals surface area contributed by atoms with E-state index in [9.17, 15) is 18.0 Å². The molecule has 0 aliphatic heterocycles. The van der Waals surface area contributed by atoms with Crippen molar-refractivity contribution in [2.75, 3.05) is 20.8 Å². The monoisotopic (exact) mass is 396 g/mol. The van der Waals surface area contributed by atoms with Gasteiger partial charge in [-0.25, -0.2) is 17.9 Å². The van der Waals surface area contributed by atoms with Crippen molar-refractivity contribution in [3.63, 3.8) is 0 Å². The van der Waals surface area contributed by atoms with Crippen molar-refractivity contribution >= 4 is 28.0 Å². The van der Waals surface area contributed by atoms with E-state index in [1.54, 1.807) is 6.07 Å². The maximum absolute atomic E-state index is 12.0. The summed E-state index contributed by atoms with van der Waals surface area (Å²) in [5.74, 6) is -0.339. The maximum Gasteiger partial charge on any atom is 0.331 e. The summed E-state index contributed by atoms with van der Waals surface area (Å²) < 4.78 is 36.2. The molecule has 1 atom stereocenters. The summed E-state index contributed by atoms with van der Waals surface area (Å²) in [7, 11) is -1.05. The number of carbonyl (C=O) groups excluding carboxylic acids is 2. The second-order valence-corrected chi connectivity index (χ2v) is 8.11. The first-order chi connectivity index (χ1) is 12.8. The average Bonchev–Trinajstić information content (AvgIpc) is 3.49. The Morgan fingerprint density at radius 3 is 2.63 bits per heavy atom. The molecule has 1 saturated carbocycles. The largest absolute Gasteiger partial charge is 0.495 e. The molecule has 0 saturated heterocycles. The molecule has 9 heteroatoms. The second-order valence-electron chi connectivity index (χ2n) is 6.25. The second kappa shape index (κ2) is 9.01. The molecule has 148 valence electrons. The SMILES string of the molecule is CNS(=O)(=O)c1cc(/C=C/C(=O)OCC(=O)N[C@@H](C)C2CC2)ccc1OC. The molecular weight excluding hydrogens is 372 g/mol. The van der Waals surface area contributed by atoms with E-state index < -0.39 is 16.0 Å². The number of carbonyl (C=O) groups is 2. The lowest BCUT2D eigenvalue weighted by atomic mass is 10.2. The van der Waals surface area contributed by atoms with Gasteiger partial charge in [-0.3, -0.25) is 4.79 Å². The molecule has 0 unspecified atom stereocenters. The van der Waals surface area contributed by atoms with Gasteiger partial charge in [0.1, 0.15) is 10.6 Å². The molecule has 2 rings (SSSR count). The molecule has 0 heterocycles. The van der Waals surface area contributed by atoms with E-state index >= 15 is 0 Å². The van der Waals surface area contributed by atoms with Crippen LogP contribution in [0.3, 0.4) is 0 Å². The highest BCUT2D eigenvalue weighted by Crippen LogP contribution is 2.32. The van der Waals surface area contributed by atoms with Crippen LogP contribution in [0, 0.1) is 5.92 Å². The number of benzene rings is 1. The Bertz CT molecular complexity index is 830. The van der Waals surface area contributed by atoms with Crippen molar-refractivity contribution in [1.82, 2.24) is 10.0 Å². The molecular formula is C18H24N2O6S. The number of nitrogens with one attached hydrogen (secondary N) is 2. The first kappa shape index (κ1) is 20.9. The van der Waals surface area contributed by atoms with Crippen LogP contribution < -0.4 is 14.8 Å². The Labute approximate surface area is 159 Å². The van der Waals surface area contributed by atoms with Crippen LogP contribution in [0.15, 0.2) is 29.2 Å². The van der Waals surface area contributed by atoms with Gasteiger partial charge in [-0.15, -0.1) is 0 Å². The normalized spacial score (nSPS) is 15.4. The van der Waals surface area contributed by atoms with Crippen LogP contribution in [0.2, 0.25) is 0 Å². The summed E-state index contributed by atoms with van der Waals surface area (Å²) in [5.41, 5.74) is 0.466. The predicted molar refractivity (Wildman–Crippen MR) is 99.6 cm³/mol. The molecule has 2 N–H and O–H groups in total. The summed E-state index contributed by atoms with van der Waals surface area (Å²) in [6.07, 6.45) is 4.75. The Morgan fingerprint density at radius 2 is 2.04 bits per heavy atom. The topological polar surface area (TPSA) is 111 Å². The summed E-state index contributed by atoms with van der Waals surface area (Å²) in [6.45, 7) is 1.57. The van der Waals surface area contributed by atoms with Crippen LogP contribution in [0.1, 0.15) is 25.3 Å². The highest BCUT2D eigenvalue weighted by molar-refractivity contribution is 7.89. The molecule has 8 nitrogen and oxygen atoms in total. The van der Waals surface area contributed by atoms with Gasteiger partial charge in [-0.2, -0.15) is 0 Å². The van der Waals surface area contributed by atoms with E-state index in [0.29, 0.717) is 11.5 Å². The number of rotatable bonds is 9. The molecule has 27 heavy (non-hydrogen) atoms. The first-order valence-corrected chi connectivity index (χ1v) is 10.0. The Hall–Kier alpha value is -2.39. The third-order valence-electron chi connectivity index (χ3n) is 4.22. The third-order valence-corrected chi connectivity index (χ3v) is 5.66. The van der Waals surface area contributed by atoms with E-state index in [2.05, 4.69) is 10.0 Å². The van der Waals surface area contributed by atoms with Gasteiger partial charge >= 0.3 is 5.97 Å². The molecule has 0 spiro atoms. The van der Waals surface area contributed by atoms with Crippen molar-refractivity contribution in [3.8, 4) is 5.75 Å². The quantitative estimate of drug-likeness (QED) is 0.477.